The second-order valence-corrected chi connectivity index (χ2v) is 6.79. The number of ketones is 2. The SMILES string of the molecule is CCOc1ccccc1C=C1Oc2cc(OCC(=O)c3ccc(F)cc3)ccc2C1=O. The fourth-order valence-electron chi connectivity index (χ4n) is 3.15. The third kappa shape index (κ3) is 4.48. The average molecular weight is 418 g/mol. The molecular formula is C25H19FO5. The van der Waals surface area contributed by atoms with Crippen molar-refractivity contribution in [1.82, 2.24) is 0 Å². The fraction of sp³-hybridized carbons (Fsp3) is 0.120. The van der Waals surface area contributed by atoms with Crippen LogP contribution < -0.4 is 14.2 Å². The van der Waals surface area contributed by atoms with E-state index < -0.39 is 5.82 Å². The number of hydrogen-bond donors (Lipinski definition) is 0. The van der Waals surface area contributed by atoms with Crippen molar-refractivity contribution in [2.45, 2.75) is 6.92 Å². The molecule has 1 aliphatic heterocycles. The molecule has 1 aliphatic rings. The van der Waals surface area contributed by atoms with Crippen LogP contribution in [0.25, 0.3) is 6.08 Å². The van der Waals surface area contributed by atoms with E-state index in [0.29, 0.717) is 35.0 Å². The average Bonchev–Trinajstić information content (AvgIpc) is 3.08. The predicted molar refractivity (Wildman–Crippen MR) is 113 cm³/mol. The molecule has 0 saturated carbocycles. The highest BCUT2D eigenvalue weighted by Crippen LogP contribution is 2.35. The van der Waals surface area contributed by atoms with Crippen molar-refractivity contribution < 1.29 is 28.2 Å². The summed E-state index contributed by atoms with van der Waals surface area (Å²) in [6, 6.07) is 17.4. The van der Waals surface area contributed by atoms with Crippen LogP contribution >= 0.6 is 0 Å². The van der Waals surface area contributed by atoms with Crippen LogP contribution in [0.15, 0.2) is 72.5 Å². The number of ether oxygens (including phenoxy) is 3. The summed E-state index contributed by atoms with van der Waals surface area (Å²) in [7, 11) is 0. The number of carbonyl (C=O) groups is 2. The Morgan fingerprint density at radius 2 is 1.81 bits per heavy atom. The first kappa shape index (κ1) is 20.3. The molecule has 0 aliphatic carbocycles. The molecular weight excluding hydrogens is 399 g/mol. The molecule has 0 amide bonds. The number of fused-ring (bicyclic) bond motifs is 1. The molecule has 0 unspecified atom stereocenters. The summed E-state index contributed by atoms with van der Waals surface area (Å²) < 4.78 is 29.9. The quantitative estimate of drug-likeness (QED) is 0.395. The molecule has 0 bridgehead atoms. The first-order valence-corrected chi connectivity index (χ1v) is 9.77. The van der Waals surface area contributed by atoms with Crippen LogP contribution in [-0.2, 0) is 0 Å². The lowest BCUT2D eigenvalue weighted by Crippen LogP contribution is -2.11. The van der Waals surface area contributed by atoms with Gasteiger partial charge in [0.2, 0.25) is 5.78 Å². The molecule has 6 heteroatoms. The molecule has 1 heterocycles. The van der Waals surface area contributed by atoms with E-state index in [1.165, 1.54) is 24.3 Å². The van der Waals surface area contributed by atoms with Crippen LogP contribution in [0, 0.1) is 5.82 Å². The maximum Gasteiger partial charge on any atom is 0.231 e. The summed E-state index contributed by atoms with van der Waals surface area (Å²) in [4.78, 5) is 24.9. The summed E-state index contributed by atoms with van der Waals surface area (Å²) >= 11 is 0. The number of rotatable bonds is 7. The van der Waals surface area contributed by atoms with Crippen LogP contribution in [0.5, 0.6) is 17.2 Å². The van der Waals surface area contributed by atoms with Gasteiger partial charge in [0.05, 0.1) is 12.2 Å². The molecule has 5 nitrogen and oxygen atoms in total. The largest absolute Gasteiger partial charge is 0.493 e. The molecule has 3 aromatic carbocycles. The Hall–Kier alpha value is -3.93. The number of hydrogen-bond acceptors (Lipinski definition) is 5. The minimum absolute atomic E-state index is 0.182. The number of benzene rings is 3. The van der Waals surface area contributed by atoms with Gasteiger partial charge in [-0.25, -0.2) is 4.39 Å². The van der Waals surface area contributed by atoms with E-state index in [4.69, 9.17) is 14.2 Å². The highest BCUT2D eigenvalue weighted by atomic mass is 19.1. The van der Waals surface area contributed by atoms with E-state index in [0.717, 1.165) is 5.56 Å². The standard InChI is InChI=1S/C25H19FO5/c1-2-29-22-6-4-3-5-17(22)13-24-25(28)20-12-11-19(14-23(20)31-24)30-15-21(27)16-7-9-18(26)10-8-16/h3-14H,2,15H2,1H3. The van der Waals surface area contributed by atoms with Crippen molar-refractivity contribution in [2.24, 2.45) is 0 Å². The van der Waals surface area contributed by atoms with Crippen molar-refractivity contribution in [3.8, 4) is 17.2 Å². The Balaban J connectivity index is 1.48. The summed E-state index contributed by atoms with van der Waals surface area (Å²) in [5.74, 6) is 0.649. The molecule has 0 fully saturated rings. The maximum absolute atomic E-state index is 13.0. The normalized spacial score (nSPS) is 13.6. The Morgan fingerprint density at radius 1 is 1.03 bits per heavy atom. The minimum atomic E-state index is -0.411. The van der Waals surface area contributed by atoms with E-state index in [9.17, 15) is 14.0 Å². The van der Waals surface area contributed by atoms with Crippen molar-refractivity contribution in [3.63, 3.8) is 0 Å². The Labute approximate surface area is 178 Å². The summed E-state index contributed by atoms with van der Waals surface area (Å²) in [5, 5.41) is 0. The number of allylic oxidation sites excluding steroid dienone is 1. The first-order chi connectivity index (χ1) is 15.0. The fourth-order valence-corrected chi connectivity index (χ4v) is 3.15. The van der Waals surface area contributed by atoms with Crippen LogP contribution in [-0.4, -0.2) is 24.8 Å². The van der Waals surface area contributed by atoms with Crippen LogP contribution in [0.1, 0.15) is 33.2 Å². The number of Topliss-reactive ketones (excluding diaryl/α,β-unsaturated/α-hetero) is 2. The van der Waals surface area contributed by atoms with Gasteiger partial charge < -0.3 is 14.2 Å². The van der Waals surface area contributed by atoms with Gasteiger partial charge in [0.1, 0.15) is 23.1 Å². The monoisotopic (exact) mass is 418 g/mol. The summed E-state index contributed by atoms with van der Waals surface area (Å²) in [6.45, 7) is 2.18. The number of halogens is 1. The molecule has 31 heavy (non-hydrogen) atoms. The second-order valence-electron chi connectivity index (χ2n) is 6.79. The van der Waals surface area contributed by atoms with Crippen LogP contribution in [0.3, 0.4) is 0 Å². The lowest BCUT2D eigenvalue weighted by molar-refractivity contribution is 0.0920. The highest BCUT2D eigenvalue weighted by Gasteiger charge is 2.28. The molecule has 0 aromatic heterocycles. The zero-order valence-corrected chi connectivity index (χ0v) is 16.8. The molecule has 0 saturated heterocycles. The molecule has 0 spiro atoms. The predicted octanol–water partition coefficient (Wildman–Crippen LogP) is 5.10. The number of para-hydroxylation sites is 1. The third-order valence-corrected chi connectivity index (χ3v) is 4.68. The third-order valence-electron chi connectivity index (χ3n) is 4.68. The van der Waals surface area contributed by atoms with Crippen molar-refractivity contribution in [2.75, 3.05) is 13.2 Å². The van der Waals surface area contributed by atoms with E-state index in [1.54, 1.807) is 24.3 Å². The molecule has 0 radical (unpaired) electrons. The van der Waals surface area contributed by atoms with Gasteiger partial charge in [0.25, 0.3) is 0 Å². The zero-order chi connectivity index (χ0) is 21.8. The van der Waals surface area contributed by atoms with Gasteiger partial charge in [-0.05, 0) is 55.5 Å². The molecule has 0 atom stereocenters. The lowest BCUT2D eigenvalue weighted by Gasteiger charge is -2.07. The van der Waals surface area contributed by atoms with E-state index >= 15 is 0 Å². The lowest BCUT2D eigenvalue weighted by atomic mass is 10.1. The van der Waals surface area contributed by atoms with E-state index in [2.05, 4.69) is 0 Å². The van der Waals surface area contributed by atoms with Crippen molar-refractivity contribution in [3.05, 3.63) is 95.0 Å². The first-order valence-electron chi connectivity index (χ1n) is 9.77. The Bertz CT molecular complexity index is 1160. The topological polar surface area (TPSA) is 61.8 Å². The van der Waals surface area contributed by atoms with Gasteiger partial charge in [-0.15, -0.1) is 0 Å². The summed E-state index contributed by atoms with van der Waals surface area (Å²) in [5.41, 5.74) is 1.51. The van der Waals surface area contributed by atoms with E-state index in [1.807, 2.05) is 31.2 Å². The molecule has 156 valence electrons. The zero-order valence-electron chi connectivity index (χ0n) is 16.8. The van der Waals surface area contributed by atoms with Gasteiger partial charge >= 0.3 is 0 Å². The number of carbonyl (C=O) groups excluding carboxylic acids is 2. The Morgan fingerprint density at radius 3 is 2.58 bits per heavy atom. The smallest absolute Gasteiger partial charge is 0.231 e. The van der Waals surface area contributed by atoms with Crippen LogP contribution in [0.2, 0.25) is 0 Å². The van der Waals surface area contributed by atoms with Gasteiger partial charge in [0, 0.05) is 17.2 Å². The highest BCUT2D eigenvalue weighted by molar-refractivity contribution is 6.14. The second kappa shape index (κ2) is 8.83. The molecule has 4 rings (SSSR count). The van der Waals surface area contributed by atoms with Gasteiger partial charge in [-0.2, -0.15) is 0 Å². The van der Waals surface area contributed by atoms with Gasteiger partial charge in [0.15, 0.2) is 18.1 Å². The van der Waals surface area contributed by atoms with Gasteiger partial charge in [-0.1, -0.05) is 18.2 Å². The molecule has 0 N–H and O–H groups in total. The minimum Gasteiger partial charge on any atom is -0.493 e. The van der Waals surface area contributed by atoms with Crippen molar-refractivity contribution >= 4 is 17.6 Å². The van der Waals surface area contributed by atoms with E-state index in [-0.39, 0.29) is 23.9 Å². The molecule has 3 aromatic rings. The van der Waals surface area contributed by atoms with Crippen LogP contribution in [0.4, 0.5) is 4.39 Å². The van der Waals surface area contributed by atoms with Gasteiger partial charge in [-0.3, -0.25) is 9.59 Å². The Kier molecular flexibility index (Phi) is 5.80. The van der Waals surface area contributed by atoms with Crippen molar-refractivity contribution in [1.29, 1.82) is 0 Å². The maximum atomic E-state index is 13.0. The summed E-state index contributed by atoms with van der Waals surface area (Å²) in [6.07, 6.45) is 1.64.